The average Bonchev–Trinajstić information content (AvgIpc) is 0.929. The molecule has 438 valence electrons. The summed E-state index contributed by atoms with van der Waals surface area (Å²) in [7, 11) is 0. The van der Waals surface area contributed by atoms with Crippen LogP contribution in [0.2, 0.25) is 0 Å². The maximum absolute atomic E-state index is 5.34. The van der Waals surface area contributed by atoms with Crippen molar-refractivity contribution in [3.8, 4) is 102 Å². The minimum Gasteiger partial charge on any atom is -0.309 e. The van der Waals surface area contributed by atoms with Crippen LogP contribution in [0.3, 0.4) is 0 Å². The maximum atomic E-state index is 5.34. The Morgan fingerprint density at radius 1 is 0.202 bits per heavy atom. The third-order valence-electron chi connectivity index (χ3n) is 19.2. The van der Waals surface area contributed by atoms with Crippen LogP contribution >= 0.6 is 0 Å². The normalized spacial score (nSPS) is 13.7. The van der Waals surface area contributed by atoms with Crippen LogP contribution in [-0.4, -0.2) is 39.0 Å². The van der Waals surface area contributed by atoms with Gasteiger partial charge in [-0.2, -0.15) is 0 Å². The molecule has 94 heavy (non-hydrogen) atoms. The molecule has 0 saturated heterocycles. The van der Waals surface area contributed by atoms with Gasteiger partial charge in [0.2, 0.25) is 0 Å². The summed E-state index contributed by atoms with van der Waals surface area (Å²) in [6.07, 6.45) is 0. The summed E-state index contributed by atoms with van der Waals surface area (Å²) in [6.45, 7) is 0. The lowest BCUT2D eigenvalue weighted by molar-refractivity contribution is 0.754. The number of benzene rings is 13. The fraction of sp³-hybridized carbons (Fsp3) is 0.0233. The Hall–Kier alpha value is -12.5. The van der Waals surface area contributed by atoms with Crippen molar-refractivity contribution in [1.29, 1.82) is 0 Å². The fourth-order valence-electron chi connectivity index (χ4n) is 15.0. The van der Waals surface area contributed by atoms with Crippen LogP contribution < -0.4 is 0 Å². The number of para-hydroxylation sites is 6. The van der Waals surface area contributed by atoms with Crippen LogP contribution in [-0.2, 0) is 0 Å². The molecule has 2 unspecified atom stereocenters. The minimum atomic E-state index is -0.0280. The molecule has 0 N–H and O–H groups in total. The molecule has 0 fully saturated rings. The summed E-state index contributed by atoms with van der Waals surface area (Å²) in [6, 6.07) is 112. The van der Waals surface area contributed by atoms with E-state index < -0.39 is 0 Å². The molecule has 0 aliphatic heterocycles. The van der Waals surface area contributed by atoms with Crippen LogP contribution in [0.4, 0.5) is 0 Å². The number of hydrogen-bond acceptors (Lipinski definition) is 6. The van der Waals surface area contributed by atoms with Crippen LogP contribution in [0.1, 0.15) is 45.2 Å². The van der Waals surface area contributed by atoms with Crippen molar-refractivity contribution in [2.45, 2.75) is 11.8 Å². The van der Waals surface area contributed by atoms with Gasteiger partial charge in [0.05, 0.1) is 22.1 Å². The SMILES string of the molecule is c1ccc(-c2nc(-c3ccc(-c4cccc5c6ccccc6n(-c6ccccc6)c45)cc3)nc(-c3ccc4c(c3)C3c5ccccc5C4c4cc(-c5nc(-c6ccccc6)nc(-c6ccc(-c7cccc8c9ccccc9n(-c9ccccc9)c78)cc6)n5)ccc43)n2)cc1. The van der Waals surface area contributed by atoms with Crippen molar-refractivity contribution in [2.75, 3.05) is 0 Å². The Bertz CT molecular complexity index is 5480. The van der Waals surface area contributed by atoms with E-state index in [1.54, 1.807) is 0 Å². The Morgan fingerprint density at radius 3 is 0.883 bits per heavy atom. The standard InChI is InChI=1S/C86H54N8/c1-5-21-55(22-6-1)81-87-83(57-43-39-53(40-44-57)63-33-19-35-71-65-29-15-17-37-75(65)93(79(63)71)61-25-9-3-10-26-61)91-85(89-81)59-47-49-69-73(51-59)77-67-31-13-14-32-68(67)78(69)74-52-60(48-50-70(74)77)86-90-82(56-23-7-2-8-24-56)88-84(92-86)58-45-41-54(42-46-58)64-34-20-36-72-66-30-16-18-38-76(66)94(80(64)72)62-27-11-4-12-28-62/h1-52,77-78H. The molecule has 2 atom stereocenters. The quantitative estimate of drug-likeness (QED) is 0.136. The van der Waals surface area contributed by atoms with Gasteiger partial charge in [-0.3, -0.25) is 0 Å². The lowest BCUT2D eigenvalue weighted by Gasteiger charge is -2.42. The van der Waals surface area contributed by atoms with Crippen molar-refractivity contribution < 1.29 is 0 Å². The van der Waals surface area contributed by atoms with Gasteiger partial charge < -0.3 is 9.13 Å². The zero-order valence-corrected chi connectivity index (χ0v) is 50.8. The first-order valence-electron chi connectivity index (χ1n) is 32.0. The number of aromatic nitrogens is 8. The van der Waals surface area contributed by atoms with E-state index in [1.165, 1.54) is 77.0 Å². The van der Waals surface area contributed by atoms with Gasteiger partial charge in [0.1, 0.15) is 0 Å². The Morgan fingerprint density at radius 2 is 0.489 bits per heavy atom. The van der Waals surface area contributed by atoms with Crippen molar-refractivity contribution in [3.63, 3.8) is 0 Å². The molecule has 8 nitrogen and oxygen atoms in total. The van der Waals surface area contributed by atoms with Crippen molar-refractivity contribution in [2.24, 2.45) is 0 Å². The van der Waals surface area contributed by atoms with Gasteiger partial charge in [-0.25, -0.2) is 29.9 Å². The van der Waals surface area contributed by atoms with E-state index in [4.69, 9.17) is 29.9 Å². The first kappa shape index (κ1) is 53.3. The van der Waals surface area contributed by atoms with E-state index >= 15 is 0 Å². The highest BCUT2D eigenvalue weighted by Gasteiger charge is 2.42. The van der Waals surface area contributed by atoms with Gasteiger partial charge in [0.25, 0.3) is 0 Å². The molecule has 4 heterocycles. The zero-order valence-electron chi connectivity index (χ0n) is 50.8. The smallest absolute Gasteiger partial charge is 0.164 e. The fourth-order valence-corrected chi connectivity index (χ4v) is 15.0. The van der Waals surface area contributed by atoms with Gasteiger partial charge in [0, 0.05) is 89.3 Å². The van der Waals surface area contributed by atoms with Crippen LogP contribution in [0.15, 0.2) is 315 Å². The van der Waals surface area contributed by atoms with Crippen molar-refractivity contribution >= 4 is 43.6 Å². The largest absolute Gasteiger partial charge is 0.309 e. The molecule has 4 aromatic heterocycles. The Balaban J connectivity index is 0.687. The molecule has 0 radical (unpaired) electrons. The third kappa shape index (κ3) is 8.61. The molecule has 2 bridgehead atoms. The molecular weight excluding hydrogens is 1150 g/mol. The molecule has 20 rings (SSSR count). The van der Waals surface area contributed by atoms with Gasteiger partial charge in [-0.1, -0.05) is 267 Å². The predicted octanol–water partition coefficient (Wildman–Crippen LogP) is 20.6. The first-order valence-corrected chi connectivity index (χ1v) is 32.0. The third-order valence-corrected chi connectivity index (χ3v) is 19.2. The number of nitrogens with zero attached hydrogens (tertiary/aromatic N) is 8. The first-order chi connectivity index (χ1) is 46.6. The van der Waals surface area contributed by atoms with Gasteiger partial charge in [-0.05, 0) is 93.0 Å². The van der Waals surface area contributed by atoms with Crippen molar-refractivity contribution in [1.82, 2.24) is 39.0 Å². The summed E-state index contributed by atoms with van der Waals surface area (Å²) in [4.78, 5) is 31.6. The van der Waals surface area contributed by atoms with E-state index in [2.05, 4.69) is 288 Å². The zero-order chi connectivity index (χ0) is 61.8. The van der Waals surface area contributed by atoms with E-state index in [9.17, 15) is 0 Å². The number of fused-ring (bicyclic) bond motifs is 6. The van der Waals surface area contributed by atoms with Gasteiger partial charge in [0.15, 0.2) is 34.9 Å². The van der Waals surface area contributed by atoms with Gasteiger partial charge >= 0.3 is 0 Å². The lowest BCUT2D eigenvalue weighted by atomic mass is 9.61. The molecule has 13 aromatic carbocycles. The molecule has 8 heteroatoms. The molecule has 17 aromatic rings. The highest BCUT2D eigenvalue weighted by Crippen LogP contribution is 2.57. The minimum absolute atomic E-state index is 0.0280. The maximum Gasteiger partial charge on any atom is 0.164 e. The topological polar surface area (TPSA) is 87.2 Å². The second-order valence-electron chi connectivity index (χ2n) is 24.5. The highest BCUT2D eigenvalue weighted by molar-refractivity contribution is 6.15. The van der Waals surface area contributed by atoms with E-state index in [1.807, 2.05) is 36.4 Å². The molecule has 3 aliphatic rings. The molecule has 0 saturated carbocycles. The Labute approximate surface area is 542 Å². The van der Waals surface area contributed by atoms with E-state index in [0.717, 1.165) is 67.0 Å². The second-order valence-corrected chi connectivity index (χ2v) is 24.5. The summed E-state index contributed by atoms with van der Waals surface area (Å²) in [5, 5.41) is 4.87. The monoisotopic (exact) mass is 1200 g/mol. The van der Waals surface area contributed by atoms with E-state index in [-0.39, 0.29) is 11.8 Å². The van der Waals surface area contributed by atoms with E-state index in [0.29, 0.717) is 34.9 Å². The van der Waals surface area contributed by atoms with Gasteiger partial charge in [-0.15, -0.1) is 0 Å². The highest BCUT2D eigenvalue weighted by atomic mass is 15.0. The number of hydrogen-bond donors (Lipinski definition) is 0. The number of rotatable bonds is 10. The second kappa shape index (κ2) is 21.6. The average molecular weight is 1200 g/mol. The summed E-state index contributed by atoms with van der Waals surface area (Å²) in [5.74, 6) is 3.65. The molecular formula is C86H54N8. The molecule has 0 amide bonds. The van der Waals surface area contributed by atoms with Crippen LogP contribution in [0.5, 0.6) is 0 Å². The predicted molar refractivity (Wildman–Crippen MR) is 380 cm³/mol. The molecule has 0 spiro atoms. The molecule has 3 aliphatic carbocycles. The van der Waals surface area contributed by atoms with Crippen molar-refractivity contribution in [3.05, 3.63) is 349 Å². The van der Waals surface area contributed by atoms with Crippen LogP contribution in [0, 0.1) is 0 Å². The lowest BCUT2D eigenvalue weighted by Crippen LogP contribution is -2.27. The summed E-state index contributed by atoms with van der Waals surface area (Å²) >= 11 is 0. The van der Waals surface area contributed by atoms with Crippen LogP contribution in [0.25, 0.3) is 146 Å². The summed E-state index contributed by atoms with van der Waals surface area (Å²) in [5.41, 5.74) is 24.7. The Kier molecular flexibility index (Phi) is 12.2. The summed E-state index contributed by atoms with van der Waals surface area (Å²) < 4.78 is 4.78.